The van der Waals surface area contributed by atoms with Gasteiger partial charge in [0.2, 0.25) is 0 Å². The van der Waals surface area contributed by atoms with E-state index in [9.17, 15) is 31.4 Å². The number of hydrogen-bond acceptors (Lipinski definition) is 4. The van der Waals surface area contributed by atoms with Crippen molar-refractivity contribution in [3.05, 3.63) is 41.3 Å². The van der Waals surface area contributed by atoms with Gasteiger partial charge in [-0.05, 0) is 12.5 Å². The van der Waals surface area contributed by atoms with Crippen molar-refractivity contribution >= 4 is 0 Å². The molecule has 1 heterocycles. The Morgan fingerprint density at radius 1 is 1.00 bits per heavy atom. The highest BCUT2D eigenvalue weighted by atomic mass is 19.4. The summed E-state index contributed by atoms with van der Waals surface area (Å²) >= 11 is 0. The van der Waals surface area contributed by atoms with Crippen LogP contribution in [0, 0.1) is 6.92 Å². The van der Waals surface area contributed by atoms with E-state index in [-0.39, 0.29) is 22.6 Å². The Hall–Kier alpha value is -2.07. The highest BCUT2D eigenvalue weighted by Gasteiger charge is 2.71. The molecule has 4 nitrogen and oxygen atoms in total. The van der Waals surface area contributed by atoms with Gasteiger partial charge in [-0.25, -0.2) is 0 Å². The molecule has 0 aliphatic heterocycles. The Bertz CT molecular complexity index is 704. The van der Waals surface area contributed by atoms with Gasteiger partial charge in [0.15, 0.2) is 0 Å². The van der Waals surface area contributed by atoms with E-state index < -0.39 is 30.1 Å². The average Bonchev–Trinajstić information content (AvgIpc) is 2.85. The molecular weight excluding hydrogens is 344 g/mol. The first kappa shape index (κ1) is 18.3. The first-order valence-corrected chi connectivity index (χ1v) is 6.46. The van der Waals surface area contributed by atoms with Gasteiger partial charge in [0.05, 0.1) is 6.61 Å². The standard InChI is InChI=1S/C14H11F6NO3/c1-7-11(10(6-22)21-24-7)8-2-4-9(5-3-8)12(23,13(15,16)17)14(18,19)20/h2-5,22-23H,6H2,1H3. The van der Waals surface area contributed by atoms with Crippen LogP contribution in [0.2, 0.25) is 0 Å². The molecule has 0 saturated heterocycles. The molecule has 0 bridgehead atoms. The van der Waals surface area contributed by atoms with Crippen LogP contribution in [0.25, 0.3) is 11.1 Å². The smallest absolute Gasteiger partial charge is 0.390 e. The van der Waals surface area contributed by atoms with E-state index in [1.54, 1.807) is 0 Å². The molecule has 0 amide bonds. The highest BCUT2D eigenvalue weighted by Crippen LogP contribution is 2.50. The van der Waals surface area contributed by atoms with Crippen molar-refractivity contribution in [2.24, 2.45) is 0 Å². The number of aryl methyl sites for hydroxylation is 1. The third kappa shape index (κ3) is 2.75. The number of halogens is 6. The molecule has 1 aromatic heterocycles. The predicted molar refractivity (Wildman–Crippen MR) is 68.6 cm³/mol. The Balaban J connectivity index is 2.54. The van der Waals surface area contributed by atoms with Crippen molar-refractivity contribution in [2.45, 2.75) is 31.5 Å². The number of rotatable bonds is 3. The molecule has 0 spiro atoms. The summed E-state index contributed by atoms with van der Waals surface area (Å²) in [4.78, 5) is 0. The molecule has 10 heteroatoms. The first-order valence-electron chi connectivity index (χ1n) is 6.46. The second-order valence-electron chi connectivity index (χ2n) is 5.00. The molecule has 2 aromatic rings. The molecular formula is C14H11F6NO3. The largest absolute Gasteiger partial charge is 0.430 e. The lowest BCUT2D eigenvalue weighted by molar-refractivity contribution is -0.376. The van der Waals surface area contributed by atoms with Gasteiger partial charge in [-0.3, -0.25) is 0 Å². The van der Waals surface area contributed by atoms with Crippen molar-refractivity contribution < 1.29 is 41.1 Å². The van der Waals surface area contributed by atoms with Gasteiger partial charge in [-0.1, -0.05) is 29.4 Å². The van der Waals surface area contributed by atoms with Crippen LogP contribution in [0.4, 0.5) is 26.3 Å². The van der Waals surface area contributed by atoms with Gasteiger partial charge in [0.1, 0.15) is 11.5 Å². The predicted octanol–water partition coefficient (Wildman–Crippen LogP) is 3.45. The van der Waals surface area contributed by atoms with Crippen molar-refractivity contribution in [3.63, 3.8) is 0 Å². The molecule has 1 aromatic carbocycles. The maximum absolute atomic E-state index is 12.8. The summed E-state index contributed by atoms with van der Waals surface area (Å²) in [5, 5.41) is 22.0. The topological polar surface area (TPSA) is 66.5 Å². The second-order valence-corrected chi connectivity index (χ2v) is 5.00. The Morgan fingerprint density at radius 2 is 1.50 bits per heavy atom. The molecule has 24 heavy (non-hydrogen) atoms. The maximum atomic E-state index is 12.8. The van der Waals surface area contributed by atoms with Gasteiger partial charge in [0, 0.05) is 11.1 Å². The minimum atomic E-state index is -5.95. The van der Waals surface area contributed by atoms with Crippen LogP contribution in [0.15, 0.2) is 28.8 Å². The van der Waals surface area contributed by atoms with Crippen LogP contribution in [0.1, 0.15) is 17.0 Å². The van der Waals surface area contributed by atoms with E-state index in [4.69, 9.17) is 9.63 Å². The number of aliphatic hydroxyl groups is 2. The molecule has 2 rings (SSSR count). The number of aliphatic hydroxyl groups excluding tert-OH is 1. The summed E-state index contributed by atoms with van der Waals surface area (Å²) in [6, 6.07) is 2.95. The van der Waals surface area contributed by atoms with Gasteiger partial charge < -0.3 is 14.7 Å². The summed E-state index contributed by atoms with van der Waals surface area (Å²) in [6.07, 6.45) is -11.9. The van der Waals surface area contributed by atoms with Crippen molar-refractivity contribution in [1.29, 1.82) is 0 Å². The van der Waals surface area contributed by atoms with Crippen molar-refractivity contribution in [1.82, 2.24) is 5.16 Å². The summed E-state index contributed by atoms with van der Waals surface area (Å²) in [5.41, 5.74) is -5.82. The number of hydrogen-bond donors (Lipinski definition) is 2. The fourth-order valence-electron chi connectivity index (χ4n) is 2.26. The van der Waals surface area contributed by atoms with Crippen LogP contribution in [-0.2, 0) is 12.2 Å². The van der Waals surface area contributed by atoms with Gasteiger partial charge >= 0.3 is 12.4 Å². The summed E-state index contributed by atoms with van der Waals surface area (Å²) < 4.78 is 81.7. The molecule has 0 radical (unpaired) electrons. The minimum absolute atomic E-state index is 0.0853. The number of aromatic nitrogens is 1. The Labute approximate surface area is 131 Å². The van der Waals surface area contributed by atoms with E-state index >= 15 is 0 Å². The third-order valence-electron chi connectivity index (χ3n) is 3.50. The molecule has 0 aliphatic carbocycles. The van der Waals surface area contributed by atoms with Gasteiger partial charge in [-0.15, -0.1) is 0 Å². The fourth-order valence-corrected chi connectivity index (χ4v) is 2.26. The lowest BCUT2D eigenvalue weighted by Gasteiger charge is -2.32. The fraction of sp³-hybridized carbons (Fsp3) is 0.357. The molecule has 0 aliphatic rings. The van der Waals surface area contributed by atoms with E-state index in [1.807, 2.05) is 0 Å². The van der Waals surface area contributed by atoms with Crippen LogP contribution in [0.3, 0.4) is 0 Å². The number of nitrogens with zero attached hydrogens (tertiary/aromatic N) is 1. The SMILES string of the molecule is Cc1onc(CO)c1-c1ccc(C(O)(C(F)(F)F)C(F)(F)F)cc1. The summed E-state index contributed by atoms with van der Waals surface area (Å²) in [5.74, 6) is 0.230. The zero-order valence-electron chi connectivity index (χ0n) is 12.0. The highest BCUT2D eigenvalue weighted by molar-refractivity contribution is 5.68. The summed E-state index contributed by atoms with van der Waals surface area (Å²) in [6.45, 7) is 0.945. The van der Waals surface area contributed by atoms with Crippen LogP contribution in [-0.4, -0.2) is 27.7 Å². The Kier molecular flexibility index (Phi) is 4.40. The van der Waals surface area contributed by atoms with Crippen molar-refractivity contribution in [3.8, 4) is 11.1 Å². The van der Waals surface area contributed by atoms with Crippen molar-refractivity contribution in [2.75, 3.05) is 0 Å². The maximum Gasteiger partial charge on any atom is 0.430 e. The normalized spacial score (nSPS) is 13.4. The third-order valence-corrected chi connectivity index (χ3v) is 3.50. The lowest BCUT2D eigenvalue weighted by atomic mass is 9.90. The van der Waals surface area contributed by atoms with E-state index in [0.29, 0.717) is 12.1 Å². The zero-order valence-corrected chi connectivity index (χ0v) is 12.0. The number of benzene rings is 1. The molecule has 2 N–H and O–H groups in total. The van der Waals surface area contributed by atoms with E-state index in [0.717, 1.165) is 12.1 Å². The van der Waals surface area contributed by atoms with E-state index in [2.05, 4.69) is 5.16 Å². The molecule has 0 saturated carbocycles. The van der Waals surface area contributed by atoms with Crippen LogP contribution in [0.5, 0.6) is 0 Å². The molecule has 0 fully saturated rings. The zero-order chi connectivity index (χ0) is 18.3. The quantitative estimate of drug-likeness (QED) is 0.828. The van der Waals surface area contributed by atoms with Gasteiger partial charge in [-0.2, -0.15) is 26.3 Å². The van der Waals surface area contributed by atoms with Gasteiger partial charge in [0.25, 0.3) is 5.60 Å². The monoisotopic (exact) mass is 355 g/mol. The molecule has 132 valence electrons. The lowest BCUT2D eigenvalue weighted by Crippen LogP contribution is -2.53. The first-order chi connectivity index (χ1) is 10.9. The van der Waals surface area contributed by atoms with Crippen LogP contribution >= 0.6 is 0 Å². The van der Waals surface area contributed by atoms with Crippen LogP contribution < -0.4 is 0 Å². The minimum Gasteiger partial charge on any atom is -0.390 e. The second kappa shape index (κ2) is 5.78. The summed E-state index contributed by atoms with van der Waals surface area (Å²) in [7, 11) is 0. The molecule has 0 atom stereocenters. The average molecular weight is 355 g/mol. The number of alkyl halides is 6. The Morgan fingerprint density at radius 3 is 1.92 bits per heavy atom. The van der Waals surface area contributed by atoms with E-state index in [1.165, 1.54) is 6.92 Å². The molecule has 0 unspecified atom stereocenters.